The van der Waals surface area contributed by atoms with Gasteiger partial charge in [-0.15, -0.1) is 11.3 Å². The lowest BCUT2D eigenvalue weighted by Gasteiger charge is -2.14. The van der Waals surface area contributed by atoms with Crippen LogP contribution in [0.5, 0.6) is 0 Å². The highest BCUT2D eigenvalue weighted by Crippen LogP contribution is 2.33. The Morgan fingerprint density at radius 2 is 2.16 bits per heavy atom. The van der Waals surface area contributed by atoms with Gasteiger partial charge in [-0.05, 0) is 18.2 Å². The Labute approximate surface area is 126 Å². The van der Waals surface area contributed by atoms with Crippen LogP contribution in [0.15, 0.2) is 28.9 Å². The first kappa shape index (κ1) is 12.8. The van der Waals surface area contributed by atoms with Gasteiger partial charge in [0.2, 0.25) is 0 Å². The Morgan fingerprint density at radius 1 is 1.37 bits per heavy atom. The molecule has 7 heteroatoms. The van der Waals surface area contributed by atoms with Gasteiger partial charge in [0.05, 0.1) is 17.8 Å². The zero-order chi connectivity index (χ0) is 13.6. The molecule has 2 heterocycles. The van der Waals surface area contributed by atoms with Crippen molar-refractivity contribution < 1.29 is 9.59 Å². The molecule has 0 N–H and O–H groups in total. The Bertz CT molecular complexity index is 701. The van der Waals surface area contributed by atoms with E-state index in [9.17, 15) is 9.59 Å². The number of thiazole rings is 1. The summed E-state index contributed by atoms with van der Waals surface area (Å²) in [6, 6.07) is 5.22. The van der Waals surface area contributed by atoms with E-state index >= 15 is 0 Å². The monoisotopic (exact) mass is 356 g/mol. The maximum atomic E-state index is 12.0. The van der Waals surface area contributed by atoms with Gasteiger partial charge in [-0.3, -0.25) is 14.5 Å². The molecular formula is C12H6BrClN2O2S. The molecule has 0 saturated carbocycles. The van der Waals surface area contributed by atoms with Crippen LogP contribution in [0.3, 0.4) is 0 Å². The van der Waals surface area contributed by atoms with Crippen molar-refractivity contribution in [2.75, 3.05) is 4.90 Å². The number of hydrogen-bond acceptors (Lipinski definition) is 4. The van der Waals surface area contributed by atoms with Crippen molar-refractivity contribution in [3.05, 3.63) is 43.8 Å². The second kappa shape index (κ2) is 4.70. The third-order valence-electron chi connectivity index (χ3n) is 2.77. The molecule has 0 atom stereocenters. The van der Waals surface area contributed by atoms with Crippen molar-refractivity contribution in [1.29, 1.82) is 0 Å². The van der Waals surface area contributed by atoms with E-state index in [2.05, 4.69) is 20.9 Å². The van der Waals surface area contributed by atoms with Crippen LogP contribution < -0.4 is 4.90 Å². The maximum absolute atomic E-state index is 12.0. The van der Waals surface area contributed by atoms with E-state index in [0.717, 1.165) is 9.35 Å². The standard InChI is InChI=1S/C12H6BrClN2O2S/c13-6-1-2-9-8(3-6)10(17)11(18)16(9)5-7-4-15-12(14)19-7/h1-4H,5H2. The minimum atomic E-state index is -0.516. The van der Waals surface area contributed by atoms with Crippen molar-refractivity contribution in [2.45, 2.75) is 6.54 Å². The molecule has 96 valence electrons. The first-order valence-corrected chi connectivity index (χ1v) is 7.31. The number of amides is 1. The Morgan fingerprint density at radius 3 is 2.84 bits per heavy atom. The van der Waals surface area contributed by atoms with Crippen LogP contribution in [0.4, 0.5) is 5.69 Å². The number of nitrogens with zero attached hydrogens (tertiary/aromatic N) is 2. The number of fused-ring (bicyclic) bond motifs is 1. The molecule has 0 fully saturated rings. The molecule has 3 rings (SSSR count). The lowest BCUT2D eigenvalue weighted by Crippen LogP contribution is -2.28. The maximum Gasteiger partial charge on any atom is 0.299 e. The van der Waals surface area contributed by atoms with Crippen LogP contribution in [-0.4, -0.2) is 16.7 Å². The lowest BCUT2D eigenvalue weighted by molar-refractivity contribution is -0.114. The van der Waals surface area contributed by atoms with Crippen molar-refractivity contribution in [3.8, 4) is 0 Å². The molecule has 19 heavy (non-hydrogen) atoms. The number of hydrogen-bond donors (Lipinski definition) is 0. The zero-order valence-electron chi connectivity index (χ0n) is 9.39. The minimum Gasteiger partial charge on any atom is -0.299 e. The number of rotatable bonds is 2. The van der Waals surface area contributed by atoms with Crippen LogP contribution in [0.1, 0.15) is 15.2 Å². The van der Waals surface area contributed by atoms with Gasteiger partial charge >= 0.3 is 0 Å². The fraction of sp³-hybridized carbons (Fsp3) is 0.0833. The molecule has 1 amide bonds. The van der Waals surface area contributed by atoms with Gasteiger partial charge in [0.15, 0.2) is 4.47 Å². The number of aromatic nitrogens is 1. The number of ketones is 1. The fourth-order valence-electron chi connectivity index (χ4n) is 1.94. The summed E-state index contributed by atoms with van der Waals surface area (Å²) in [5.74, 6) is -0.996. The molecule has 1 aromatic heterocycles. The van der Waals surface area contributed by atoms with Gasteiger partial charge in [-0.1, -0.05) is 27.5 Å². The Kier molecular flexibility index (Phi) is 3.16. The van der Waals surface area contributed by atoms with Crippen molar-refractivity contribution in [1.82, 2.24) is 4.98 Å². The lowest BCUT2D eigenvalue weighted by atomic mass is 10.1. The summed E-state index contributed by atoms with van der Waals surface area (Å²) in [7, 11) is 0. The van der Waals surface area contributed by atoms with Crippen LogP contribution in [0.2, 0.25) is 4.47 Å². The van der Waals surface area contributed by atoms with E-state index < -0.39 is 11.7 Å². The number of benzene rings is 1. The Balaban J connectivity index is 1.99. The summed E-state index contributed by atoms with van der Waals surface area (Å²) in [4.78, 5) is 30.1. The van der Waals surface area contributed by atoms with Crippen molar-refractivity contribution in [3.63, 3.8) is 0 Å². The molecule has 0 saturated heterocycles. The number of carbonyl (C=O) groups is 2. The highest BCUT2D eigenvalue weighted by molar-refractivity contribution is 9.10. The molecule has 0 unspecified atom stereocenters. The third-order valence-corrected chi connectivity index (χ3v) is 4.37. The molecule has 1 aromatic carbocycles. The molecule has 1 aliphatic rings. The summed E-state index contributed by atoms with van der Waals surface area (Å²) < 4.78 is 1.19. The summed E-state index contributed by atoms with van der Waals surface area (Å²) in [6.45, 7) is 0.309. The van der Waals surface area contributed by atoms with Gasteiger partial charge in [-0.2, -0.15) is 0 Å². The van der Waals surface area contributed by atoms with Crippen LogP contribution in [-0.2, 0) is 11.3 Å². The van der Waals surface area contributed by atoms with Crippen LogP contribution >= 0.6 is 38.9 Å². The highest BCUT2D eigenvalue weighted by atomic mass is 79.9. The Hall–Kier alpha value is -1.24. The molecule has 0 spiro atoms. The van der Waals surface area contributed by atoms with Crippen molar-refractivity contribution >= 4 is 56.2 Å². The van der Waals surface area contributed by atoms with Gasteiger partial charge in [-0.25, -0.2) is 4.98 Å². The van der Waals surface area contributed by atoms with E-state index in [1.807, 2.05) is 0 Å². The molecule has 1 aliphatic heterocycles. The third kappa shape index (κ3) is 2.20. The van der Waals surface area contributed by atoms with Gasteiger partial charge in [0, 0.05) is 15.5 Å². The average Bonchev–Trinajstić information content (AvgIpc) is 2.88. The minimum absolute atomic E-state index is 0.309. The second-order valence-electron chi connectivity index (χ2n) is 3.96. The molecule has 0 bridgehead atoms. The highest BCUT2D eigenvalue weighted by Gasteiger charge is 2.36. The van der Waals surface area contributed by atoms with Crippen molar-refractivity contribution in [2.24, 2.45) is 0 Å². The predicted octanol–water partition coefficient (Wildman–Crippen LogP) is 3.29. The van der Waals surface area contributed by atoms with Crippen LogP contribution in [0, 0.1) is 0 Å². The first-order chi connectivity index (χ1) is 9.06. The van der Waals surface area contributed by atoms with E-state index in [4.69, 9.17) is 11.6 Å². The van der Waals surface area contributed by atoms with Gasteiger partial charge in [0.1, 0.15) is 0 Å². The quantitative estimate of drug-likeness (QED) is 0.775. The van der Waals surface area contributed by atoms with Gasteiger partial charge in [0.25, 0.3) is 11.7 Å². The summed E-state index contributed by atoms with van der Waals surface area (Å²) in [5, 5.41) is 0. The van der Waals surface area contributed by atoms with E-state index in [0.29, 0.717) is 22.3 Å². The topological polar surface area (TPSA) is 50.3 Å². The van der Waals surface area contributed by atoms with Crippen LogP contribution in [0.25, 0.3) is 0 Å². The first-order valence-electron chi connectivity index (χ1n) is 5.32. The number of Topliss-reactive ketones (excluding diaryl/α,β-unsaturated/α-hetero) is 1. The average molecular weight is 358 g/mol. The second-order valence-corrected chi connectivity index (χ2v) is 6.57. The summed E-state index contributed by atoms with van der Waals surface area (Å²) in [6.07, 6.45) is 1.61. The summed E-state index contributed by atoms with van der Waals surface area (Å²) in [5.41, 5.74) is 1.05. The zero-order valence-corrected chi connectivity index (χ0v) is 12.6. The largest absolute Gasteiger partial charge is 0.299 e. The molecule has 4 nitrogen and oxygen atoms in total. The SMILES string of the molecule is O=C1C(=O)N(Cc2cnc(Cl)s2)c2ccc(Br)cc21. The normalized spacial score (nSPS) is 14.1. The molecule has 2 aromatic rings. The van der Waals surface area contributed by atoms with Gasteiger partial charge < -0.3 is 0 Å². The fourth-order valence-corrected chi connectivity index (χ4v) is 3.27. The van der Waals surface area contributed by atoms with E-state index in [-0.39, 0.29) is 0 Å². The smallest absolute Gasteiger partial charge is 0.299 e. The summed E-state index contributed by atoms with van der Waals surface area (Å²) >= 11 is 10.4. The number of anilines is 1. The molecule has 0 radical (unpaired) electrons. The molecular weight excluding hydrogens is 352 g/mol. The van der Waals surface area contributed by atoms with E-state index in [1.165, 1.54) is 16.2 Å². The number of carbonyl (C=O) groups excluding carboxylic acids is 2. The number of halogens is 2. The molecule has 0 aliphatic carbocycles. The van der Waals surface area contributed by atoms with E-state index in [1.54, 1.807) is 24.4 Å². The predicted molar refractivity (Wildman–Crippen MR) is 76.8 cm³/mol.